The van der Waals surface area contributed by atoms with Gasteiger partial charge in [-0.1, -0.05) is 67.2 Å². The predicted octanol–water partition coefficient (Wildman–Crippen LogP) is 5.00. The van der Waals surface area contributed by atoms with Crippen molar-refractivity contribution in [2.45, 2.75) is 67.2 Å². The maximum atomic E-state index is 2.23. The van der Waals surface area contributed by atoms with Gasteiger partial charge in [0.25, 0.3) is 0 Å². The monoisotopic (exact) mass is 184 g/mol. The Balaban J connectivity index is -0.0000000241. The lowest BCUT2D eigenvalue weighted by molar-refractivity contribution is 0.702. The summed E-state index contributed by atoms with van der Waals surface area (Å²) in [4.78, 5) is 0. The van der Waals surface area contributed by atoms with Crippen LogP contribution in [0, 0.1) is 0 Å². The zero-order chi connectivity index (χ0) is 8.83. The second kappa shape index (κ2) is 47.8. The molecule has 0 atom stereocenters. The Hall–Kier alpha value is 0.350. The van der Waals surface area contributed by atoms with E-state index in [0.717, 1.165) is 0 Å². The van der Waals surface area contributed by atoms with Crippen LogP contribution in [-0.4, -0.2) is 0 Å². The molecule has 0 radical (unpaired) electrons. The number of unbranched alkanes of at least 4 members (excludes halogenated alkanes) is 3. The normalized spacial score (nSPS) is 6.00. The fourth-order valence-corrected chi connectivity index (χ4v) is 0.500. The van der Waals surface area contributed by atoms with Crippen LogP contribution in [-0.2, 0) is 0 Å². The van der Waals surface area contributed by atoms with Crippen LogP contribution >= 0.6 is 13.5 Å². The van der Waals surface area contributed by atoms with Crippen LogP contribution in [0.1, 0.15) is 68.7 Å². The van der Waals surface area contributed by atoms with E-state index in [2.05, 4.69) is 13.8 Å². The largest absolute Gasteiger partial charge is 0.197 e. The maximum absolute atomic E-state index is 2.23. The van der Waals surface area contributed by atoms with Crippen LogP contribution in [0.15, 0.2) is 0 Å². The minimum Gasteiger partial charge on any atom is -0.197 e. The molecule has 0 saturated heterocycles. The Bertz CT molecular complexity index is 21.8. The molecule has 0 aromatic carbocycles. The summed E-state index contributed by atoms with van der Waals surface area (Å²) >= 11 is 0. The van der Waals surface area contributed by atoms with Gasteiger partial charge < -0.3 is 0 Å². The van der Waals surface area contributed by atoms with Gasteiger partial charge in [-0.3, -0.25) is 0 Å². The number of rotatable bonds is 3. The highest BCUT2D eigenvalue weighted by Crippen LogP contribution is 1.95. The van der Waals surface area contributed by atoms with E-state index in [1.165, 1.54) is 25.7 Å². The van der Waals surface area contributed by atoms with E-state index < -0.39 is 0 Å². The first kappa shape index (κ1) is 22.5. The summed E-state index contributed by atoms with van der Waals surface area (Å²) in [5.74, 6) is 0. The lowest BCUT2D eigenvalue weighted by Crippen LogP contribution is -1.66. The molecule has 0 rings (SSSR count). The Kier molecular flexibility index (Phi) is 97.8. The zero-order valence-electron chi connectivity index (χ0n) is 9.33. The zero-order valence-corrected chi connectivity index (χ0v) is 10.3. The van der Waals surface area contributed by atoms with Crippen molar-refractivity contribution in [2.75, 3.05) is 0 Å². The van der Waals surface area contributed by atoms with Crippen molar-refractivity contribution in [3.05, 3.63) is 0 Å². The summed E-state index contributed by atoms with van der Waals surface area (Å²) in [6.45, 7) is 12.5. The third kappa shape index (κ3) is 64.3. The fraction of sp³-hybridized carbons (Fsp3) is 1.00. The Morgan fingerprint density at radius 2 is 0.909 bits per heavy atom. The van der Waals surface area contributed by atoms with E-state index in [4.69, 9.17) is 0 Å². The van der Waals surface area contributed by atoms with Gasteiger partial charge >= 0.3 is 0 Å². The molecule has 0 aromatic rings. The van der Waals surface area contributed by atoms with Crippen LogP contribution < -0.4 is 0 Å². The number of hydrogen-bond acceptors (Lipinski definition) is 0. The summed E-state index contributed by atoms with van der Waals surface area (Å²) in [6.07, 6.45) is 5.54. The first-order valence-electron chi connectivity index (χ1n) is 4.91. The summed E-state index contributed by atoms with van der Waals surface area (Å²) in [5, 5.41) is 0. The van der Waals surface area contributed by atoms with Crippen LogP contribution in [0.5, 0.6) is 0 Å². The molecule has 0 nitrogen and oxygen atoms in total. The molecule has 11 heavy (non-hydrogen) atoms. The van der Waals surface area contributed by atoms with Crippen molar-refractivity contribution in [1.29, 1.82) is 0 Å². The third-order valence-electron chi connectivity index (χ3n) is 0.957. The quantitative estimate of drug-likeness (QED) is 0.542. The lowest BCUT2D eigenvalue weighted by atomic mass is 10.2. The van der Waals surface area contributed by atoms with Crippen molar-refractivity contribution >= 4 is 13.5 Å². The van der Waals surface area contributed by atoms with Gasteiger partial charge in [-0.15, -0.1) is 0 Å². The topological polar surface area (TPSA) is 0 Å². The molecule has 0 aliphatic carbocycles. The van der Waals surface area contributed by atoms with E-state index in [9.17, 15) is 0 Å². The van der Waals surface area contributed by atoms with Crippen molar-refractivity contribution in [3.8, 4) is 0 Å². The summed E-state index contributed by atoms with van der Waals surface area (Å²) in [6, 6.07) is 0. The van der Waals surface area contributed by atoms with Gasteiger partial charge in [-0.2, -0.15) is 13.5 Å². The van der Waals surface area contributed by atoms with Crippen molar-refractivity contribution in [2.24, 2.45) is 0 Å². The van der Waals surface area contributed by atoms with Crippen LogP contribution in [0.3, 0.4) is 0 Å². The maximum Gasteiger partial charge on any atom is 0 e. The fourth-order valence-electron chi connectivity index (χ4n) is 0.500. The molecule has 0 amide bonds. The molecule has 0 aliphatic rings. The SMILES string of the molecule is CC.CC.CCCCCC.S.[3HH]. The Morgan fingerprint density at radius 1 is 0.727 bits per heavy atom. The molecule has 76 valence electrons. The van der Waals surface area contributed by atoms with E-state index in [0.29, 0.717) is 0 Å². The van der Waals surface area contributed by atoms with Gasteiger partial charge in [0, 0.05) is 1.43 Å². The molecule has 1 heteroatoms. The minimum absolute atomic E-state index is 0. The van der Waals surface area contributed by atoms with Crippen molar-refractivity contribution in [3.63, 3.8) is 0 Å². The first-order chi connectivity index (χ1) is 4.91. The summed E-state index contributed by atoms with van der Waals surface area (Å²) in [5.41, 5.74) is 0. The molecular weight excluding hydrogens is 152 g/mol. The van der Waals surface area contributed by atoms with Crippen LogP contribution in [0.25, 0.3) is 0 Å². The first-order valence-corrected chi connectivity index (χ1v) is 4.91. The third-order valence-corrected chi connectivity index (χ3v) is 0.957. The molecule has 0 unspecified atom stereocenters. The average molecular weight is 184 g/mol. The summed E-state index contributed by atoms with van der Waals surface area (Å²) in [7, 11) is 0. The Labute approximate surface area is 82.7 Å². The smallest absolute Gasteiger partial charge is 0 e. The standard InChI is InChI=1S/C6H14.2C2H6.H2S.H2/c1-3-5-6-4-2;2*1-2;;/h3-6H2,1-2H3;2*1-2H3;1H2;1H/i;;;;1+2. The molecule has 0 heterocycles. The van der Waals surface area contributed by atoms with E-state index in [-0.39, 0.29) is 14.9 Å². The van der Waals surface area contributed by atoms with Gasteiger partial charge in [0.2, 0.25) is 0 Å². The molecule has 0 saturated carbocycles. The average Bonchev–Trinajstić information content (AvgIpc) is 2.08. The molecule has 0 bridgehead atoms. The van der Waals surface area contributed by atoms with Gasteiger partial charge in [0.1, 0.15) is 0 Å². The highest BCUT2D eigenvalue weighted by molar-refractivity contribution is 7.59. The predicted molar refractivity (Wildman–Crippen MR) is 65.0 cm³/mol. The van der Waals surface area contributed by atoms with Crippen molar-refractivity contribution < 1.29 is 1.43 Å². The number of hydrogen-bond donors (Lipinski definition) is 0. The Morgan fingerprint density at radius 3 is 1.00 bits per heavy atom. The van der Waals surface area contributed by atoms with Gasteiger partial charge in [-0.05, 0) is 0 Å². The second-order valence-corrected chi connectivity index (χ2v) is 1.71. The van der Waals surface area contributed by atoms with Crippen LogP contribution in [0.4, 0.5) is 0 Å². The molecular formula is C10H30S. The highest BCUT2D eigenvalue weighted by atomic mass is 32.1. The highest BCUT2D eigenvalue weighted by Gasteiger charge is 1.75. The molecule has 0 fully saturated rings. The molecule has 0 aromatic heterocycles. The van der Waals surface area contributed by atoms with E-state index in [1.807, 2.05) is 27.7 Å². The summed E-state index contributed by atoms with van der Waals surface area (Å²) < 4.78 is 0. The van der Waals surface area contributed by atoms with Gasteiger partial charge in [-0.25, -0.2) is 0 Å². The van der Waals surface area contributed by atoms with Crippen molar-refractivity contribution in [1.82, 2.24) is 0 Å². The van der Waals surface area contributed by atoms with Crippen LogP contribution in [0.2, 0.25) is 0 Å². The lowest BCUT2D eigenvalue weighted by Gasteiger charge is -1.86. The molecule has 0 spiro atoms. The molecule has 0 N–H and O–H groups in total. The van der Waals surface area contributed by atoms with E-state index >= 15 is 0 Å². The van der Waals surface area contributed by atoms with Gasteiger partial charge in [0.15, 0.2) is 0 Å². The van der Waals surface area contributed by atoms with E-state index in [1.54, 1.807) is 0 Å². The molecule has 0 aliphatic heterocycles. The van der Waals surface area contributed by atoms with Gasteiger partial charge in [0.05, 0.1) is 0 Å². The second-order valence-electron chi connectivity index (χ2n) is 1.71. The minimum atomic E-state index is 0.